The van der Waals surface area contributed by atoms with E-state index in [1.54, 1.807) is 0 Å². The van der Waals surface area contributed by atoms with Crippen molar-refractivity contribution in [3.63, 3.8) is 0 Å². The van der Waals surface area contributed by atoms with Gasteiger partial charge in [0.05, 0.1) is 5.56 Å². The van der Waals surface area contributed by atoms with Gasteiger partial charge >= 0.3 is 6.18 Å². The Labute approximate surface area is 73.2 Å². The third-order valence-corrected chi connectivity index (χ3v) is 1.97. The van der Waals surface area contributed by atoms with Crippen LogP contribution in [0.2, 0.25) is 0 Å². The summed E-state index contributed by atoms with van der Waals surface area (Å²) in [5, 5.41) is 0. The molecule has 0 spiro atoms. The van der Waals surface area contributed by atoms with Crippen molar-refractivity contribution in [2.45, 2.75) is 20.0 Å². The highest BCUT2D eigenvalue weighted by Gasteiger charge is 2.36. The molecule has 0 aliphatic carbocycles. The lowest BCUT2D eigenvalue weighted by Gasteiger charge is -2.12. The minimum Gasteiger partial charge on any atom is -0.206 e. The van der Waals surface area contributed by atoms with E-state index in [-0.39, 0.29) is 5.56 Å². The van der Waals surface area contributed by atoms with Crippen LogP contribution in [0.5, 0.6) is 0 Å². The van der Waals surface area contributed by atoms with Gasteiger partial charge in [0, 0.05) is 0 Å². The minimum atomic E-state index is -4.61. The SMILES string of the molecule is Cc1ccc(F)c(C(F)(F)F)c1C. The molecule has 0 aromatic heterocycles. The molecule has 1 aromatic rings. The van der Waals surface area contributed by atoms with Crippen molar-refractivity contribution in [3.05, 3.63) is 34.6 Å². The van der Waals surface area contributed by atoms with E-state index in [4.69, 9.17) is 0 Å². The van der Waals surface area contributed by atoms with Crippen LogP contribution in [0.4, 0.5) is 17.6 Å². The molecule has 13 heavy (non-hydrogen) atoms. The molecule has 0 aliphatic rings. The van der Waals surface area contributed by atoms with Gasteiger partial charge < -0.3 is 0 Å². The van der Waals surface area contributed by atoms with Crippen molar-refractivity contribution in [2.24, 2.45) is 0 Å². The Balaban J connectivity index is 3.43. The monoisotopic (exact) mass is 192 g/mol. The molecule has 4 heteroatoms. The first kappa shape index (κ1) is 10.0. The highest BCUT2D eigenvalue weighted by Crippen LogP contribution is 2.34. The first-order valence-corrected chi connectivity index (χ1v) is 3.67. The summed E-state index contributed by atoms with van der Waals surface area (Å²) in [5.74, 6) is -1.21. The molecule has 0 radical (unpaired) electrons. The molecule has 0 saturated heterocycles. The smallest absolute Gasteiger partial charge is 0.206 e. The fraction of sp³-hybridized carbons (Fsp3) is 0.333. The molecule has 0 fully saturated rings. The average Bonchev–Trinajstić information content (AvgIpc) is 1.95. The van der Waals surface area contributed by atoms with Gasteiger partial charge in [-0.1, -0.05) is 6.07 Å². The fourth-order valence-electron chi connectivity index (χ4n) is 1.13. The Hall–Kier alpha value is -1.06. The summed E-state index contributed by atoms with van der Waals surface area (Å²) in [6.07, 6.45) is -4.61. The molecular weight excluding hydrogens is 184 g/mol. The van der Waals surface area contributed by atoms with E-state index in [1.165, 1.54) is 19.9 Å². The number of benzene rings is 1. The van der Waals surface area contributed by atoms with Crippen LogP contribution >= 0.6 is 0 Å². The summed E-state index contributed by atoms with van der Waals surface area (Å²) in [4.78, 5) is 0. The fourth-order valence-corrected chi connectivity index (χ4v) is 1.13. The van der Waals surface area contributed by atoms with Crippen molar-refractivity contribution in [1.29, 1.82) is 0 Å². The van der Waals surface area contributed by atoms with Crippen LogP contribution in [0.3, 0.4) is 0 Å². The molecule has 0 aliphatic heterocycles. The summed E-state index contributed by atoms with van der Waals surface area (Å²) in [5.41, 5.74) is -0.770. The van der Waals surface area contributed by atoms with Gasteiger partial charge in [0.25, 0.3) is 0 Å². The second kappa shape index (κ2) is 3.01. The summed E-state index contributed by atoms with van der Waals surface area (Å²) < 4.78 is 49.6. The Morgan fingerprint density at radius 1 is 1.08 bits per heavy atom. The second-order valence-corrected chi connectivity index (χ2v) is 2.86. The normalized spacial score (nSPS) is 11.8. The first-order chi connectivity index (χ1) is 5.84. The van der Waals surface area contributed by atoms with Crippen LogP contribution in [0.1, 0.15) is 16.7 Å². The van der Waals surface area contributed by atoms with E-state index >= 15 is 0 Å². The van der Waals surface area contributed by atoms with Gasteiger partial charge in [-0.2, -0.15) is 13.2 Å². The Kier molecular flexibility index (Phi) is 2.32. The van der Waals surface area contributed by atoms with Crippen LogP contribution in [0.25, 0.3) is 0 Å². The maximum absolute atomic E-state index is 12.8. The molecule has 0 nitrogen and oxygen atoms in total. The van der Waals surface area contributed by atoms with Crippen molar-refractivity contribution in [3.8, 4) is 0 Å². The van der Waals surface area contributed by atoms with Crippen LogP contribution < -0.4 is 0 Å². The molecule has 0 N–H and O–H groups in total. The highest BCUT2D eigenvalue weighted by molar-refractivity contribution is 5.36. The van der Waals surface area contributed by atoms with Gasteiger partial charge in [-0.05, 0) is 31.0 Å². The maximum Gasteiger partial charge on any atom is 0.419 e. The molecule has 1 aromatic carbocycles. The van der Waals surface area contributed by atoms with E-state index < -0.39 is 17.6 Å². The molecule has 0 saturated carbocycles. The van der Waals surface area contributed by atoms with Gasteiger partial charge in [-0.3, -0.25) is 0 Å². The van der Waals surface area contributed by atoms with Crippen LogP contribution in [-0.4, -0.2) is 0 Å². The molecular formula is C9H8F4. The summed E-state index contributed by atoms with van der Waals surface area (Å²) >= 11 is 0. The molecule has 0 bridgehead atoms. The Bertz CT molecular complexity index is 325. The number of aryl methyl sites for hydroxylation is 1. The van der Waals surface area contributed by atoms with Gasteiger partial charge in [-0.25, -0.2) is 4.39 Å². The number of alkyl halides is 3. The van der Waals surface area contributed by atoms with E-state index in [0.717, 1.165) is 6.07 Å². The van der Waals surface area contributed by atoms with E-state index in [9.17, 15) is 17.6 Å². The molecule has 72 valence electrons. The molecule has 1 rings (SSSR count). The number of hydrogen-bond acceptors (Lipinski definition) is 0. The maximum atomic E-state index is 12.8. The summed E-state index contributed by atoms with van der Waals surface area (Å²) in [6, 6.07) is 2.17. The van der Waals surface area contributed by atoms with Crippen molar-refractivity contribution in [1.82, 2.24) is 0 Å². The zero-order chi connectivity index (χ0) is 10.2. The predicted octanol–water partition coefficient (Wildman–Crippen LogP) is 3.46. The zero-order valence-electron chi connectivity index (χ0n) is 7.17. The molecule has 0 heterocycles. The lowest BCUT2D eigenvalue weighted by atomic mass is 10.0. The summed E-state index contributed by atoms with van der Waals surface area (Å²) in [6.45, 7) is 2.78. The molecule has 0 atom stereocenters. The van der Waals surface area contributed by atoms with Gasteiger partial charge in [0.2, 0.25) is 0 Å². The quantitative estimate of drug-likeness (QED) is 0.552. The number of halogens is 4. The van der Waals surface area contributed by atoms with Gasteiger partial charge in [-0.15, -0.1) is 0 Å². The van der Waals surface area contributed by atoms with Crippen molar-refractivity contribution in [2.75, 3.05) is 0 Å². The lowest BCUT2D eigenvalue weighted by molar-refractivity contribution is -0.140. The molecule has 0 amide bonds. The third kappa shape index (κ3) is 1.82. The zero-order valence-corrected chi connectivity index (χ0v) is 7.17. The lowest BCUT2D eigenvalue weighted by Crippen LogP contribution is -2.11. The minimum absolute atomic E-state index is 0.0486. The van der Waals surface area contributed by atoms with Crippen LogP contribution in [0, 0.1) is 19.7 Å². The number of rotatable bonds is 0. The second-order valence-electron chi connectivity index (χ2n) is 2.86. The predicted molar refractivity (Wildman–Crippen MR) is 40.9 cm³/mol. The Morgan fingerprint density at radius 2 is 1.62 bits per heavy atom. The largest absolute Gasteiger partial charge is 0.419 e. The van der Waals surface area contributed by atoms with Gasteiger partial charge in [0.1, 0.15) is 5.82 Å². The van der Waals surface area contributed by atoms with Crippen molar-refractivity contribution >= 4 is 0 Å². The first-order valence-electron chi connectivity index (χ1n) is 3.67. The van der Waals surface area contributed by atoms with E-state index in [2.05, 4.69) is 0 Å². The molecule has 0 unspecified atom stereocenters. The Morgan fingerprint density at radius 3 is 2.00 bits per heavy atom. The third-order valence-electron chi connectivity index (χ3n) is 1.97. The van der Waals surface area contributed by atoms with Crippen LogP contribution in [0.15, 0.2) is 12.1 Å². The number of hydrogen-bond donors (Lipinski definition) is 0. The van der Waals surface area contributed by atoms with Crippen LogP contribution in [-0.2, 0) is 6.18 Å². The topological polar surface area (TPSA) is 0 Å². The summed E-state index contributed by atoms with van der Waals surface area (Å²) in [7, 11) is 0. The average molecular weight is 192 g/mol. The highest BCUT2D eigenvalue weighted by atomic mass is 19.4. The van der Waals surface area contributed by atoms with Crippen molar-refractivity contribution < 1.29 is 17.6 Å². The van der Waals surface area contributed by atoms with Gasteiger partial charge in [0.15, 0.2) is 0 Å². The standard InChI is InChI=1S/C9H8F4/c1-5-3-4-7(10)8(6(5)2)9(11,12)13/h3-4H,1-2H3. The van der Waals surface area contributed by atoms with E-state index in [1.807, 2.05) is 0 Å². The van der Waals surface area contributed by atoms with E-state index in [0.29, 0.717) is 5.56 Å².